The Hall–Kier alpha value is -0.830. The zero-order valence-corrected chi connectivity index (χ0v) is 13.3. The lowest BCUT2D eigenvalue weighted by Gasteiger charge is -2.32. The van der Waals surface area contributed by atoms with Crippen molar-refractivity contribution in [3.63, 3.8) is 0 Å². The van der Waals surface area contributed by atoms with Crippen LogP contribution in [0.5, 0.6) is 0 Å². The maximum absolute atomic E-state index is 12.6. The van der Waals surface area contributed by atoms with Gasteiger partial charge in [0.1, 0.15) is 0 Å². The molecule has 1 aromatic rings. The summed E-state index contributed by atoms with van der Waals surface area (Å²) in [5, 5.41) is 4.01. The summed E-state index contributed by atoms with van der Waals surface area (Å²) in [6, 6.07) is 8.36. The Labute approximate surface area is 124 Å². The fraction of sp³-hybridized carbons (Fsp3) is 0.562. The van der Waals surface area contributed by atoms with Crippen molar-refractivity contribution in [2.45, 2.75) is 51.0 Å². The predicted octanol–water partition coefficient (Wildman–Crippen LogP) is 3.79. The van der Waals surface area contributed by atoms with E-state index in [0.717, 1.165) is 31.0 Å². The first-order chi connectivity index (χ1) is 9.09. The van der Waals surface area contributed by atoms with Gasteiger partial charge in [0.2, 0.25) is 5.91 Å². The van der Waals surface area contributed by atoms with Gasteiger partial charge in [-0.2, -0.15) is 0 Å². The quantitative estimate of drug-likeness (QED) is 0.839. The second-order valence-corrected chi connectivity index (χ2v) is 6.24. The molecule has 2 unspecified atom stereocenters. The summed E-state index contributed by atoms with van der Waals surface area (Å²) >= 11 is 3.50. The van der Waals surface area contributed by atoms with Crippen molar-refractivity contribution < 1.29 is 4.79 Å². The zero-order valence-electron chi connectivity index (χ0n) is 11.7. The molecular weight excluding hydrogens is 302 g/mol. The lowest BCUT2D eigenvalue weighted by Crippen LogP contribution is -2.49. The highest BCUT2D eigenvalue weighted by atomic mass is 79.9. The molecule has 0 spiro atoms. The van der Waals surface area contributed by atoms with E-state index in [2.05, 4.69) is 53.3 Å². The number of fused-ring (bicyclic) bond motifs is 1. The van der Waals surface area contributed by atoms with Crippen LogP contribution in [0.15, 0.2) is 24.3 Å². The average Bonchev–Trinajstić information content (AvgIpc) is 2.46. The standard InChI is InChI=1S/C16H22BrNO/c1-3-16(2,11-17)18-15(19)14-10-6-8-12-7-4-5-9-13(12)14/h4-5,7,9,14H,3,6,8,10-11H2,1-2H3,(H,18,19). The number of halogens is 1. The summed E-state index contributed by atoms with van der Waals surface area (Å²) in [4.78, 5) is 12.6. The number of carbonyl (C=O) groups is 1. The van der Waals surface area contributed by atoms with Crippen molar-refractivity contribution in [1.29, 1.82) is 0 Å². The van der Waals surface area contributed by atoms with Gasteiger partial charge >= 0.3 is 0 Å². The molecule has 2 rings (SSSR count). The summed E-state index contributed by atoms with van der Waals surface area (Å²) in [7, 11) is 0. The first-order valence-corrected chi connectivity index (χ1v) is 8.17. The second-order valence-electron chi connectivity index (χ2n) is 5.68. The molecule has 0 heterocycles. The number of alkyl halides is 1. The van der Waals surface area contributed by atoms with Crippen molar-refractivity contribution in [2.24, 2.45) is 0 Å². The third-order valence-electron chi connectivity index (χ3n) is 4.19. The molecule has 104 valence electrons. The van der Waals surface area contributed by atoms with Crippen molar-refractivity contribution in [2.75, 3.05) is 5.33 Å². The number of nitrogens with one attached hydrogen (secondary N) is 1. The van der Waals surface area contributed by atoms with Crippen LogP contribution in [0.4, 0.5) is 0 Å². The van der Waals surface area contributed by atoms with Crippen LogP contribution in [0.1, 0.15) is 50.2 Å². The molecule has 1 aliphatic carbocycles. The van der Waals surface area contributed by atoms with Gasteiger partial charge in [-0.05, 0) is 43.7 Å². The minimum absolute atomic E-state index is 0.0230. The van der Waals surface area contributed by atoms with Crippen LogP contribution in [-0.2, 0) is 11.2 Å². The summed E-state index contributed by atoms with van der Waals surface area (Å²) in [5.74, 6) is 0.200. The smallest absolute Gasteiger partial charge is 0.227 e. The van der Waals surface area contributed by atoms with E-state index in [9.17, 15) is 4.79 Å². The number of hydrogen-bond donors (Lipinski definition) is 1. The third kappa shape index (κ3) is 3.19. The molecule has 1 amide bonds. The first kappa shape index (κ1) is 14.6. The number of carbonyl (C=O) groups excluding carboxylic acids is 1. The Kier molecular flexibility index (Phi) is 4.67. The van der Waals surface area contributed by atoms with Gasteiger partial charge in [-0.3, -0.25) is 4.79 Å². The largest absolute Gasteiger partial charge is 0.350 e. The number of hydrogen-bond acceptors (Lipinski definition) is 1. The lowest BCUT2D eigenvalue weighted by atomic mass is 9.82. The number of amides is 1. The summed E-state index contributed by atoms with van der Waals surface area (Å²) in [6.45, 7) is 4.20. The third-order valence-corrected chi connectivity index (χ3v) is 5.42. The molecule has 0 fully saturated rings. The summed E-state index contributed by atoms with van der Waals surface area (Å²) in [6.07, 6.45) is 4.10. The van der Waals surface area contributed by atoms with E-state index in [1.54, 1.807) is 0 Å². The van der Waals surface area contributed by atoms with Gasteiger partial charge in [-0.25, -0.2) is 0 Å². The number of benzene rings is 1. The second kappa shape index (κ2) is 6.08. The van der Waals surface area contributed by atoms with Crippen LogP contribution in [0.3, 0.4) is 0 Å². The number of rotatable bonds is 4. The molecule has 1 N–H and O–H groups in total. The molecule has 0 aromatic heterocycles. The molecule has 0 saturated heterocycles. The fourth-order valence-corrected chi connectivity index (χ4v) is 3.16. The normalized spacial score (nSPS) is 21.3. The summed E-state index contributed by atoms with van der Waals surface area (Å²) < 4.78 is 0. The maximum atomic E-state index is 12.6. The topological polar surface area (TPSA) is 29.1 Å². The minimum atomic E-state index is -0.149. The molecule has 2 atom stereocenters. The van der Waals surface area contributed by atoms with Crippen molar-refractivity contribution in [3.05, 3.63) is 35.4 Å². The molecule has 3 heteroatoms. The molecule has 0 bridgehead atoms. The molecule has 0 aliphatic heterocycles. The van der Waals surface area contributed by atoms with E-state index in [1.165, 1.54) is 11.1 Å². The highest BCUT2D eigenvalue weighted by molar-refractivity contribution is 9.09. The Morgan fingerprint density at radius 1 is 1.47 bits per heavy atom. The molecule has 0 saturated carbocycles. The van der Waals surface area contributed by atoms with Crippen LogP contribution in [0.2, 0.25) is 0 Å². The highest BCUT2D eigenvalue weighted by Crippen LogP contribution is 2.32. The van der Waals surface area contributed by atoms with E-state index >= 15 is 0 Å². The van der Waals surface area contributed by atoms with Crippen LogP contribution < -0.4 is 5.32 Å². The molecule has 19 heavy (non-hydrogen) atoms. The zero-order chi connectivity index (χ0) is 13.9. The van der Waals surface area contributed by atoms with Gasteiger partial charge in [0.05, 0.1) is 5.92 Å². The Morgan fingerprint density at radius 3 is 2.89 bits per heavy atom. The Bertz CT molecular complexity index is 454. The van der Waals surface area contributed by atoms with Crippen LogP contribution in [-0.4, -0.2) is 16.8 Å². The van der Waals surface area contributed by atoms with E-state index in [4.69, 9.17) is 0 Å². The SMILES string of the molecule is CCC(C)(CBr)NC(=O)C1CCCc2ccccc21. The van der Waals surface area contributed by atoms with Gasteiger partial charge in [0.15, 0.2) is 0 Å². The Morgan fingerprint density at radius 2 is 2.21 bits per heavy atom. The van der Waals surface area contributed by atoms with E-state index in [1.807, 2.05) is 6.07 Å². The van der Waals surface area contributed by atoms with E-state index in [0.29, 0.717) is 0 Å². The van der Waals surface area contributed by atoms with E-state index < -0.39 is 0 Å². The first-order valence-electron chi connectivity index (χ1n) is 7.05. The minimum Gasteiger partial charge on any atom is -0.350 e. The van der Waals surface area contributed by atoms with Crippen LogP contribution >= 0.6 is 15.9 Å². The predicted molar refractivity (Wildman–Crippen MR) is 82.8 cm³/mol. The van der Waals surface area contributed by atoms with Gasteiger partial charge in [-0.15, -0.1) is 0 Å². The van der Waals surface area contributed by atoms with Crippen molar-refractivity contribution >= 4 is 21.8 Å². The maximum Gasteiger partial charge on any atom is 0.227 e. The molecule has 2 nitrogen and oxygen atoms in total. The fourth-order valence-electron chi connectivity index (χ4n) is 2.63. The van der Waals surface area contributed by atoms with Gasteiger partial charge in [-0.1, -0.05) is 47.1 Å². The van der Waals surface area contributed by atoms with Crippen molar-refractivity contribution in [3.8, 4) is 0 Å². The number of aryl methyl sites for hydroxylation is 1. The van der Waals surface area contributed by atoms with Gasteiger partial charge in [0, 0.05) is 10.9 Å². The molecule has 0 radical (unpaired) electrons. The van der Waals surface area contributed by atoms with Crippen LogP contribution in [0, 0.1) is 0 Å². The summed E-state index contributed by atoms with van der Waals surface area (Å²) in [5.41, 5.74) is 2.41. The van der Waals surface area contributed by atoms with Gasteiger partial charge < -0.3 is 5.32 Å². The molecular formula is C16H22BrNO. The Balaban J connectivity index is 2.17. The van der Waals surface area contributed by atoms with E-state index in [-0.39, 0.29) is 17.4 Å². The highest BCUT2D eigenvalue weighted by Gasteiger charge is 2.30. The molecule has 1 aromatic carbocycles. The van der Waals surface area contributed by atoms with Crippen LogP contribution in [0.25, 0.3) is 0 Å². The van der Waals surface area contributed by atoms with Gasteiger partial charge in [0.25, 0.3) is 0 Å². The lowest BCUT2D eigenvalue weighted by molar-refractivity contribution is -0.124. The molecule has 1 aliphatic rings. The monoisotopic (exact) mass is 323 g/mol. The average molecular weight is 324 g/mol. The van der Waals surface area contributed by atoms with Crippen molar-refractivity contribution in [1.82, 2.24) is 5.32 Å².